The average Bonchev–Trinajstić information content (AvgIpc) is 2.88. The Bertz CT molecular complexity index is 930. The molecule has 1 aromatic heterocycles. The normalized spacial score (nSPS) is 11.7. The molecule has 0 saturated heterocycles. The molecule has 0 radical (unpaired) electrons. The summed E-state index contributed by atoms with van der Waals surface area (Å²) < 4.78 is 2.86. The summed E-state index contributed by atoms with van der Waals surface area (Å²) in [7, 11) is 0. The molecule has 0 saturated carbocycles. The number of carbonyl (C=O) groups excluding carboxylic acids is 1. The molecule has 3 aromatic rings. The van der Waals surface area contributed by atoms with Crippen molar-refractivity contribution in [1.29, 1.82) is 0 Å². The summed E-state index contributed by atoms with van der Waals surface area (Å²) in [5.74, 6) is 0.620. The number of rotatable bonds is 4. The molecule has 0 atom stereocenters. The number of hydrogen-bond donors (Lipinski definition) is 1. The average molecular weight is 385 g/mol. The highest BCUT2D eigenvalue weighted by Gasteiger charge is 2.10. The van der Waals surface area contributed by atoms with Gasteiger partial charge in [-0.05, 0) is 43.7 Å². The fourth-order valence-corrected chi connectivity index (χ4v) is 2.90. The van der Waals surface area contributed by atoms with Crippen LogP contribution in [0.2, 0.25) is 0 Å². The first kappa shape index (κ1) is 16.4. The Morgan fingerprint density at radius 2 is 2.04 bits per heavy atom. The summed E-state index contributed by atoms with van der Waals surface area (Å²) in [4.78, 5) is 16.7. The first-order chi connectivity index (χ1) is 11.5. The van der Waals surface area contributed by atoms with Crippen LogP contribution in [0, 0.1) is 6.92 Å². The molecule has 5 nitrogen and oxygen atoms in total. The van der Waals surface area contributed by atoms with Gasteiger partial charge in [0.25, 0.3) is 5.91 Å². The first-order valence-electron chi connectivity index (χ1n) is 7.55. The van der Waals surface area contributed by atoms with Crippen molar-refractivity contribution in [3.63, 3.8) is 0 Å². The van der Waals surface area contributed by atoms with Crippen LogP contribution in [0.25, 0.3) is 11.0 Å². The molecule has 0 unspecified atom stereocenters. The van der Waals surface area contributed by atoms with Gasteiger partial charge in [0.1, 0.15) is 12.4 Å². The number of benzene rings is 2. The highest BCUT2D eigenvalue weighted by molar-refractivity contribution is 9.10. The van der Waals surface area contributed by atoms with Crippen LogP contribution in [0.5, 0.6) is 0 Å². The number of imidazole rings is 1. The quantitative estimate of drug-likeness (QED) is 0.551. The lowest BCUT2D eigenvalue weighted by atomic mass is 10.1. The molecule has 0 aliphatic carbocycles. The topological polar surface area (TPSA) is 59.3 Å². The van der Waals surface area contributed by atoms with Gasteiger partial charge in [-0.25, -0.2) is 10.4 Å². The summed E-state index contributed by atoms with van der Waals surface area (Å²) in [5.41, 5.74) is 6.14. The second kappa shape index (κ2) is 6.97. The number of hydrazone groups is 1. The molecule has 6 heteroatoms. The number of aryl methyl sites for hydroxylation is 1. The number of para-hydroxylation sites is 2. The highest BCUT2D eigenvalue weighted by Crippen LogP contribution is 2.15. The second-order valence-electron chi connectivity index (χ2n) is 5.48. The lowest BCUT2D eigenvalue weighted by Gasteiger charge is -2.07. The minimum absolute atomic E-state index is 0.182. The van der Waals surface area contributed by atoms with E-state index in [2.05, 4.69) is 31.4 Å². The number of fused-ring (bicyclic) bond motifs is 1. The van der Waals surface area contributed by atoms with Gasteiger partial charge in [-0.15, -0.1) is 0 Å². The van der Waals surface area contributed by atoms with Gasteiger partial charge in [-0.2, -0.15) is 5.10 Å². The van der Waals surface area contributed by atoms with Crippen molar-refractivity contribution in [3.8, 4) is 0 Å². The Morgan fingerprint density at radius 1 is 1.25 bits per heavy atom. The summed E-state index contributed by atoms with van der Waals surface area (Å²) >= 11 is 3.43. The molecule has 3 rings (SSSR count). The van der Waals surface area contributed by atoms with Gasteiger partial charge < -0.3 is 4.57 Å². The fourth-order valence-electron chi connectivity index (χ4n) is 2.50. The van der Waals surface area contributed by atoms with Gasteiger partial charge >= 0.3 is 0 Å². The lowest BCUT2D eigenvalue weighted by molar-refractivity contribution is -0.121. The lowest BCUT2D eigenvalue weighted by Crippen LogP contribution is -2.24. The Balaban J connectivity index is 1.73. The van der Waals surface area contributed by atoms with Crippen LogP contribution in [-0.4, -0.2) is 21.2 Å². The van der Waals surface area contributed by atoms with Gasteiger partial charge in [-0.1, -0.05) is 40.2 Å². The van der Waals surface area contributed by atoms with Crippen molar-refractivity contribution >= 4 is 38.6 Å². The van der Waals surface area contributed by atoms with Crippen LogP contribution in [0.15, 0.2) is 58.1 Å². The van der Waals surface area contributed by atoms with Crippen LogP contribution in [0.1, 0.15) is 18.3 Å². The molecule has 1 heterocycles. The third-order valence-electron chi connectivity index (χ3n) is 3.74. The van der Waals surface area contributed by atoms with E-state index in [0.29, 0.717) is 0 Å². The van der Waals surface area contributed by atoms with Gasteiger partial charge in [0, 0.05) is 4.47 Å². The van der Waals surface area contributed by atoms with Crippen molar-refractivity contribution in [2.24, 2.45) is 5.10 Å². The van der Waals surface area contributed by atoms with Crippen LogP contribution < -0.4 is 5.43 Å². The Labute approximate surface area is 148 Å². The third kappa shape index (κ3) is 3.54. The summed E-state index contributed by atoms with van der Waals surface area (Å²) in [6, 6.07) is 15.6. The van der Waals surface area contributed by atoms with E-state index in [0.717, 1.165) is 32.6 Å². The number of amides is 1. The van der Waals surface area contributed by atoms with Crippen molar-refractivity contribution < 1.29 is 4.79 Å². The molecule has 0 fully saturated rings. The van der Waals surface area contributed by atoms with E-state index >= 15 is 0 Å². The molecule has 0 spiro atoms. The number of halogens is 1. The minimum Gasteiger partial charge on any atom is -0.319 e. The molecule has 1 amide bonds. The second-order valence-corrected chi connectivity index (χ2v) is 6.39. The summed E-state index contributed by atoms with van der Waals surface area (Å²) in [6.45, 7) is 3.94. The molecule has 0 aliphatic heterocycles. The maximum Gasteiger partial charge on any atom is 0.260 e. The number of hydrogen-bond acceptors (Lipinski definition) is 3. The van der Waals surface area contributed by atoms with E-state index in [-0.39, 0.29) is 12.5 Å². The minimum atomic E-state index is -0.185. The Morgan fingerprint density at radius 3 is 2.83 bits per heavy atom. The third-order valence-corrected chi connectivity index (χ3v) is 4.23. The molecule has 1 N–H and O–H groups in total. The molecule has 0 aliphatic rings. The Hall–Kier alpha value is -2.47. The zero-order valence-corrected chi connectivity index (χ0v) is 15.0. The number of nitrogens with one attached hydrogen (secondary N) is 1. The van der Waals surface area contributed by atoms with E-state index in [1.807, 2.05) is 66.9 Å². The molecular formula is C18H17BrN4O. The molecule has 0 bridgehead atoms. The Kier molecular flexibility index (Phi) is 4.76. The number of nitrogens with zero attached hydrogens (tertiary/aromatic N) is 3. The smallest absolute Gasteiger partial charge is 0.260 e. The van der Waals surface area contributed by atoms with Crippen molar-refractivity contribution in [2.75, 3.05) is 0 Å². The predicted molar refractivity (Wildman–Crippen MR) is 99.0 cm³/mol. The van der Waals surface area contributed by atoms with E-state index in [4.69, 9.17) is 0 Å². The van der Waals surface area contributed by atoms with Crippen molar-refractivity contribution in [2.45, 2.75) is 20.4 Å². The molecular weight excluding hydrogens is 368 g/mol. The largest absolute Gasteiger partial charge is 0.319 e. The highest BCUT2D eigenvalue weighted by atomic mass is 79.9. The van der Waals surface area contributed by atoms with E-state index < -0.39 is 0 Å². The first-order valence-corrected chi connectivity index (χ1v) is 8.35. The molecule has 122 valence electrons. The fraction of sp³-hybridized carbons (Fsp3) is 0.167. The molecule has 24 heavy (non-hydrogen) atoms. The molecule has 2 aromatic carbocycles. The zero-order valence-electron chi connectivity index (χ0n) is 13.5. The predicted octanol–water partition coefficient (Wildman–Crippen LogP) is 3.65. The number of carbonyl (C=O) groups is 1. The van der Waals surface area contributed by atoms with Crippen molar-refractivity contribution in [3.05, 3.63) is 64.4 Å². The van der Waals surface area contributed by atoms with Gasteiger partial charge in [0.15, 0.2) is 0 Å². The standard InChI is InChI=1S/C18H17BrN4O/c1-12(14-6-5-7-15(19)10-14)21-22-18(24)11-23-13(2)20-16-8-3-4-9-17(16)23/h3-10H,11H2,1-2H3,(H,22,24)/b21-12+. The van der Waals surface area contributed by atoms with Crippen molar-refractivity contribution in [1.82, 2.24) is 15.0 Å². The maximum atomic E-state index is 12.2. The van der Waals surface area contributed by atoms with Crippen LogP contribution >= 0.6 is 15.9 Å². The van der Waals surface area contributed by atoms with E-state index in [9.17, 15) is 4.79 Å². The zero-order chi connectivity index (χ0) is 17.1. The summed E-state index contributed by atoms with van der Waals surface area (Å²) in [6.07, 6.45) is 0. The summed E-state index contributed by atoms with van der Waals surface area (Å²) in [5, 5.41) is 4.19. The van der Waals surface area contributed by atoms with Crippen LogP contribution in [-0.2, 0) is 11.3 Å². The van der Waals surface area contributed by atoms with Crippen LogP contribution in [0.3, 0.4) is 0 Å². The number of aromatic nitrogens is 2. The van der Waals surface area contributed by atoms with E-state index in [1.165, 1.54) is 0 Å². The van der Waals surface area contributed by atoms with Gasteiger partial charge in [-0.3, -0.25) is 4.79 Å². The monoisotopic (exact) mass is 384 g/mol. The SMILES string of the molecule is C/C(=N\NC(=O)Cn1c(C)nc2ccccc21)c1cccc(Br)c1. The van der Waals surface area contributed by atoms with Crippen LogP contribution in [0.4, 0.5) is 0 Å². The van der Waals surface area contributed by atoms with Gasteiger partial charge in [0.2, 0.25) is 0 Å². The van der Waals surface area contributed by atoms with E-state index in [1.54, 1.807) is 0 Å². The maximum absolute atomic E-state index is 12.2. The van der Waals surface area contributed by atoms with Gasteiger partial charge in [0.05, 0.1) is 16.7 Å².